The van der Waals surface area contributed by atoms with Crippen molar-refractivity contribution in [2.45, 2.75) is 19.9 Å². The molecule has 1 aliphatic rings. The Hall–Kier alpha value is -0.770. The fourth-order valence-corrected chi connectivity index (χ4v) is 1.62. The summed E-state index contributed by atoms with van der Waals surface area (Å²) < 4.78 is 0. The molecule has 76 valence electrons. The molecule has 13 heavy (non-hydrogen) atoms. The van der Waals surface area contributed by atoms with E-state index in [4.69, 9.17) is 0 Å². The van der Waals surface area contributed by atoms with E-state index < -0.39 is 0 Å². The summed E-state index contributed by atoms with van der Waals surface area (Å²) in [5, 5.41) is 3.30. The van der Waals surface area contributed by atoms with E-state index in [1.165, 1.54) is 0 Å². The van der Waals surface area contributed by atoms with Crippen LogP contribution in [0.5, 0.6) is 0 Å². The number of hydrogen-bond donors (Lipinski definition) is 1. The molecule has 4 heteroatoms. The maximum Gasteiger partial charge on any atom is 0.319 e. The smallest absolute Gasteiger partial charge is 0.319 e. The predicted molar refractivity (Wildman–Crippen MR) is 52.7 cm³/mol. The number of amides is 2. The molecule has 0 aliphatic carbocycles. The van der Waals surface area contributed by atoms with Crippen LogP contribution in [0, 0.1) is 0 Å². The highest BCUT2D eigenvalue weighted by atomic mass is 16.2. The molecule has 0 radical (unpaired) electrons. The van der Waals surface area contributed by atoms with Gasteiger partial charge in [-0.2, -0.15) is 0 Å². The molecule has 1 unspecified atom stereocenters. The van der Waals surface area contributed by atoms with Gasteiger partial charge >= 0.3 is 6.03 Å². The first-order chi connectivity index (χ1) is 6.15. The molecule has 1 rings (SSSR count). The van der Waals surface area contributed by atoms with Crippen molar-refractivity contribution in [2.24, 2.45) is 0 Å². The van der Waals surface area contributed by atoms with Crippen LogP contribution in [-0.2, 0) is 0 Å². The summed E-state index contributed by atoms with van der Waals surface area (Å²) in [5.41, 5.74) is 0. The lowest BCUT2D eigenvalue weighted by Crippen LogP contribution is -2.40. The van der Waals surface area contributed by atoms with Gasteiger partial charge in [0.1, 0.15) is 0 Å². The summed E-state index contributed by atoms with van der Waals surface area (Å²) in [6.07, 6.45) is 0. The summed E-state index contributed by atoms with van der Waals surface area (Å²) in [5.74, 6) is 0. The number of urea groups is 1. The molecule has 0 bridgehead atoms. The first kappa shape index (κ1) is 10.3. The minimum Gasteiger partial charge on any atom is -0.326 e. The van der Waals surface area contributed by atoms with Gasteiger partial charge < -0.3 is 15.1 Å². The molecule has 0 aromatic carbocycles. The van der Waals surface area contributed by atoms with Crippen molar-refractivity contribution in [3.63, 3.8) is 0 Å². The molecule has 1 fully saturated rings. The molecule has 1 heterocycles. The number of nitrogens with zero attached hydrogens (tertiary/aromatic N) is 2. The van der Waals surface area contributed by atoms with Crippen LogP contribution >= 0.6 is 0 Å². The Morgan fingerprint density at radius 3 is 2.69 bits per heavy atom. The first-order valence-electron chi connectivity index (χ1n) is 4.88. The van der Waals surface area contributed by atoms with Gasteiger partial charge in [-0.15, -0.1) is 0 Å². The maximum absolute atomic E-state index is 11.5. The van der Waals surface area contributed by atoms with Gasteiger partial charge in [-0.3, -0.25) is 0 Å². The second kappa shape index (κ2) is 4.46. The highest BCUT2D eigenvalue weighted by Crippen LogP contribution is 2.06. The fourth-order valence-electron chi connectivity index (χ4n) is 1.62. The van der Waals surface area contributed by atoms with E-state index >= 15 is 0 Å². The third-order valence-corrected chi connectivity index (χ3v) is 2.35. The Bertz CT molecular complexity index is 184. The van der Waals surface area contributed by atoms with Gasteiger partial charge in [-0.1, -0.05) is 6.92 Å². The van der Waals surface area contributed by atoms with Crippen molar-refractivity contribution in [2.75, 3.05) is 33.2 Å². The van der Waals surface area contributed by atoms with Crippen LogP contribution in [0.3, 0.4) is 0 Å². The van der Waals surface area contributed by atoms with E-state index in [0.29, 0.717) is 6.04 Å². The number of nitrogens with one attached hydrogen (secondary N) is 1. The Morgan fingerprint density at radius 2 is 2.23 bits per heavy atom. The summed E-state index contributed by atoms with van der Waals surface area (Å²) in [7, 11) is 1.85. The van der Waals surface area contributed by atoms with Crippen LogP contribution in [0.1, 0.15) is 13.8 Å². The monoisotopic (exact) mass is 185 g/mol. The van der Waals surface area contributed by atoms with Crippen LogP contribution < -0.4 is 5.32 Å². The topological polar surface area (TPSA) is 35.6 Å². The zero-order valence-electron chi connectivity index (χ0n) is 8.71. The summed E-state index contributed by atoms with van der Waals surface area (Å²) in [6.45, 7) is 7.68. The van der Waals surface area contributed by atoms with E-state index in [1.54, 1.807) is 4.90 Å². The lowest BCUT2D eigenvalue weighted by molar-refractivity contribution is 0.195. The van der Waals surface area contributed by atoms with Crippen molar-refractivity contribution in [1.29, 1.82) is 0 Å². The molecular weight excluding hydrogens is 166 g/mol. The number of hydrogen-bond acceptors (Lipinski definition) is 2. The minimum absolute atomic E-state index is 0.157. The quantitative estimate of drug-likeness (QED) is 0.686. The molecule has 0 spiro atoms. The molecule has 2 amide bonds. The molecule has 0 saturated carbocycles. The largest absolute Gasteiger partial charge is 0.326 e. The van der Waals surface area contributed by atoms with Gasteiger partial charge in [-0.05, 0) is 13.5 Å². The predicted octanol–water partition coefficient (Wildman–Crippen LogP) is 0.352. The van der Waals surface area contributed by atoms with E-state index in [1.807, 2.05) is 11.9 Å². The molecule has 1 N–H and O–H groups in total. The zero-order valence-corrected chi connectivity index (χ0v) is 8.71. The maximum atomic E-state index is 11.5. The number of carbonyl (C=O) groups excluding carboxylic acids is 1. The molecule has 1 aliphatic heterocycles. The fraction of sp³-hybridized carbons (Fsp3) is 0.889. The average Bonchev–Trinajstić information content (AvgIpc) is 2.37. The van der Waals surface area contributed by atoms with Gasteiger partial charge in [0, 0.05) is 32.7 Å². The Morgan fingerprint density at radius 1 is 1.54 bits per heavy atom. The van der Waals surface area contributed by atoms with Gasteiger partial charge in [-0.25, -0.2) is 4.79 Å². The average molecular weight is 185 g/mol. The van der Waals surface area contributed by atoms with E-state index in [0.717, 1.165) is 26.2 Å². The Labute approximate surface area is 79.9 Å². The molecule has 1 atom stereocenters. The van der Waals surface area contributed by atoms with Crippen molar-refractivity contribution >= 4 is 6.03 Å². The molecule has 1 saturated heterocycles. The van der Waals surface area contributed by atoms with Gasteiger partial charge in [0.25, 0.3) is 0 Å². The van der Waals surface area contributed by atoms with E-state index in [2.05, 4.69) is 19.2 Å². The van der Waals surface area contributed by atoms with Crippen LogP contribution in [0.4, 0.5) is 4.79 Å². The lowest BCUT2D eigenvalue weighted by atomic mass is 10.3. The van der Waals surface area contributed by atoms with Gasteiger partial charge in [0.2, 0.25) is 0 Å². The van der Waals surface area contributed by atoms with Crippen LogP contribution in [0.2, 0.25) is 0 Å². The standard InChI is InChI=1S/C9H19N3O/c1-4-10-8(2)7-12-6-5-11(3)9(12)13/h8,10H,4-7H2,1-3H3. The normalized spacial score (nSPS) is 19.8. The molecular formula is C9H19N3O. The third-order valence-electron chi connectivity index (χ3n) is 2.35. The minimum atomic E-state index is 0.157. The van der Waals surface area contributed by atoms with Crippen molar-refractivity contribution < 1.29 is 4.79 Å². The third kappa shape index (κ3) is 2.59. The highest BCUT2D eigenvalue weighted by molar-refractivity contribution is 5.76. The molecule has 0 aromatic rings. The number of carbonyl (C=O) groups is 1. The lowest BCUT2D eigenvalue weighted by Gasteiger charge is -2.20. The molecule has 0 aromatic heterocycles. The molecule has 4 nitrogen and oxygen atoms in total. The SMILES string of the molecule is CCNC(C)CN1CCN(C)C1=O. The number of likely N-dealkylation sites (N-methyl/N-ethyl adjacent to an activating group) is 2. The summed E-state index contributed by atoms with van der Waals surface area (Å²) in [6, 6.07) is 0.546. The highest BCUT2D eigenvalue weighted by Gasteiger charge is 2.25. The zero-order chi connectivity index (χ0) is 9.84. The van der Waals surface area contributed by atoms with Crippen molar-refractivity contribution in [1.82, 2.24) is 15.1 Å². The van der Waals surface area contributed by atoms with Crippen LogP contribution in [0.15, 0.2) is 0 Å². The van der Waals surface area contributed by atoms with Gasteiger partial charge in [0.05, 0.1) is 0 Å². The van der Waals surface area contributed by atoms with Crippen LogP contribution in [-0.4, -0.2) is 55.1 Å². The second-order valence-corrected chi connectivity index (χ2v) is 3.61. The summed E-state index contributed by atoms with van der Waals surface area (Å²) >= 11 is 0. The van der Waals surface area contributed by atoms with Crippen molar-refractivity contribution in [3.05, 3.63) is 0 Å². The first-order valence-corrected chi connectivity index (χ1v) is 4.88. The Balaban J connectivity index is 2.33. The van der Waals surface area contributed by atoms with Crippen molar-refractivity contribution in [3.8, 4) is 0 Å². The van der Waals surface area contributed by atoms with E-state index in [-0.39, 0.29) is 6.03 Å². The second-order valence-electron chi connectivity index (χ2n) is 3.61. The van der Waals surface area contributed by atoms with E-state index in [9.17, 15) is 4.79 Å². The van der Waals surface area contributed by atoms with Gasteiger partial charge in [0.15, 0.2) is 0 Å². The van der Waals surface area contributed by atoms with Crippen LogP contribution in [0.25, 0.3) is 0 Å². The number of rotatable bonds is 4. The summed E-state index contributed by atoms with van der Waals surface area (Å²) in [4.78, 5) is 15.1. The Kier molecular flexibility index (Phi) is 3.54.